The quantitative estimate of drug-likeness (QED) is 0.0411. The SMILES string of the molecule is CCCCC/C=C\C/C=C\C/C=C\C/C=C\CCCC(=O)OCCCCCCCCCCCC/C=C\CCCCCCCC. The number of carbonyl (C=O) groups excluding carboxylic acids is 1. The highest BCUT2D eigenvalue weighted by atomic mass is 16.5. The van der Waals surface area contributed by atoms with Gasteiger partial charge in [-0.3, -0.25) is 4.79 Å². The molecule has 0 N–H and O–H groups in total. The van der Waals surface area contributed by atoms with E-state index in [-0.39, 0.29) is 5.97 Å². The van der Waals surface area contributed by atoms with E-state index in [9.17, 15) is 4.79 Å². The fourth-order valence-electron chi connectivity index (χ4n) is 5.24. The van der Waals surface area contributed by atoms with Crippen LogP contribution in [-0.4, -0.2) is 12.6 Å². The highest BCUT2D eigenvalue weighted by Crippen LogP contribution is 2.13. The summed E-state index contributed by atoms with van der Waals surface area (Å²) in [5, 5.41) is 0. The molecule has 0 saturated heterocycles. The van der Waals surface area contributed by atoms with E-state index < -0.39 is 0 Å². The Balaban J connectivity index is 3.33. The molecule has 0 aromatic rings. The van der Waals surface area contributed by atoms with Crippen LogP contribution in [0.2, 0.25) is 0 Å². The first-order chi connectivity index (χ1) is 21.8. The van der Waals surface area contributed by atoms with Gasteiger partial charge < -0.3 is 4.74 Å². The molecule has 0 aliphatic rings. The van der Waals surface area contributed by atoms with Gasteiger partial charge in [0.15, 0.2) is 0 Å². The molecule has 0 aromatic carbocycles. The Hall–Kier alpha value is -1.83. The first kappa shape index (κ1) is 42.2. The lowest BCUT2D eigenvalue weighted by atomic mass is 10.1. The van der Waals surface area contributed by atoms with Gasteiger partial charge in [0.05, 0.1) is 6.61 Å². The van der Waals surface area contributed by atoms with E-state index in [0.717, 1.165) is 38.5 Å². The molecule has 0 fully saturated rings. The molecule has 0 amide bonds. The van der Waals surface area contributed by atoms with E-state index in [2.05, 4.69) is 74.6 Å². The Kier molecular flexibility index (Phi) is 37.6. The van der Waals surface area contributed by atoms with E-state index in [0.29, 0.717) is 13.0 Å². The molecule has 0 radical (unpaired) electrons. The Bertz CT molecular complexity index is 711. The minimum absolute atomic E-state index is 0.0332. The van der Waals surface area contributed by atoms with Crippen molar-refractivity contribution >= 4 is 5.97 Å². The zero-order valence-electron chi connectivity index (χ0n) is 29.6. The lowest BCUT2D eigenvalue weighted by Gasteiger charge is -2.05. The average Bonchev–Trinajstić information content (AvgIpc) is 3.03. The predicted molar refractivity (Wildman–Crippen MR) is 197 cm³/mol. The number of hydrogen-bond donors (Lipinski definition) is 0. The lowest BCUT2D eigenvalue weighted by molar-refractivity contribution is -0.143. The number of unbranched alkanes of at least 4 members (excludes halogenated alkanes) is 20. The Labute approximate surface area is 276 Å². The predicted octanol–water partition coefficient (Wildman–Crippen LogP) is 14.3. The molecule has 254 valence electrons. The van der Waals surface area contributed by atoms with Crippen molar-refractivity contribution in [2.24, 2.45) is 0 Å². The summed E-state index contributed by atoms with van der Waals surface area (Å²) in [6.07, 6.45) is 57.2. The lowest BCUT2D eigenvalue weighted by Crippen LogP contribution is -2.05. The zero-order valence-corrected chi connectivity index (χ0v) is 29.6. The third-order valence-corrected chi connectivity index (χ3v) is 8.13. The van der Waals surface area contributed by atoms with Gasteiger partial charge in [0, 0.05) is 6.42 Å². The molecule has 2 heteroatoms. The Morgan fingerprint density at radius 2 is 0.705 bits per heavy atom. The summed E-state index contributed by atoms with van der Waals surface area (Å²) in [5.74, 6) is -0.0332. The first-order valence-corrected chi connectivity index (χ1v) is 19.2. The molecule has 0 aromatic heterocycles. The van der Waals surface area contributed by atoms with Crippen LogP contribution in [0, 0.1) is 0 Å². The zero-order chi connectivity index (χ0) is 31.9. The van der Waals surface area contributed by atoms with E-state index in [1.54, 1.807) is 0 Å². The van der Waals surface area contributed by atoms with Crippen LogP contribution in [0.1, 0.15) is 194 Å². The summed E-state index contributed by atoms with van der Waals surface area (Å²) in [7, 11) is 0. The molecule has 0 unspecified atom stereocenters. The van der Waals surface area contributed by atoms with Gasteiger partial charge in [-0.15, -0.1) is 0 Å². The number of rotatable bonds is 34. The van der Waals surface area contributed by atoms with Gasteiger partial charge in [-0.2, -0.15) is 0 Å². The summed E-state index contributed by atoms with van der Waals surface area (Å²) in [6.45, 7) is 5.13. The van der Waals surface area contributed by atoms with Crippen molar-refractivity contribution in [1.82, 2.24) is 0 Å². The van der Waals surface area contributed by atoms with Crippen LogP contribution in [0.15, 0.2) is 60.8 Å². The van der Waals surface area contributed by atoms with Crippen molar-refractivity contribution in [2.75, 3.05) is 6.61 Å². The number of ether oxygens (including phenoxy) is 1. The molecular formula is C42H74O2. The fourth-order valence-corrected chi connectivity index (χ4v) is 5.24. The third-order valence-electron chi connectivity index (χ3n) is 8.13. The van der Waals surface area contributed by atoms with Crippen molar-refractivity contribution in [2.45, 2.75) is 194 Å². The van der Waals surface area contributed by atoms with E-state index >= 15 is 0 Å². The van der Waals surface area contributed by atoms with Gasteiger partial charge in [0.1, 0.15) is 0 Å². The van der Waals surface area contributed by atoms with Crippen LogP contribution >= 0.6 is 0 Å². The largest absolute Gasteiger partial charge is 0.466 e. The second-order valence-electron chi connectivity index (χ2n) is 12.6. The minimum Gasteiger partial charge on any atom is -0.466 e. The number of hydrogen-bond acceptors (Lipinski definition) is 2. The summed E-state index contributed by atoms with van der Waals surface area (Å²) in [5.41, 5.74) is 0. The van der Waals surface area contributed by atoms with Crippen molar-refractivity contribution < 1.29 is 9.53 Å². The molecule has 0 atom stereocenters. The highest BCUT2D eigenvalue weighted by molar-refractivity contribution is 5.69. The molecule has 0 spiro atoms. The van der Waals surface area contributed by atoms with Crippen molar-refractivity contribution in [1.29, 1.82) is 0 Å². The summed E-state index contributed by atoms with van der Waals surface area (Å²) >= 11 is 0. The summed E-state index contributed by atoms with van der Waals surface area (Å²) < 4.78 is 5.42. The molecule has 0 heterocycles. The van der Waals surface area contributed by atoms with Gasteiger partial charge in [0.25, 0.3) is 0 Å². The van der Waals surface area contributed by atoms with Gasteiger partial charge >= 0.3 is 5.97 Å². The van der Waals surface area contributed by atoms with Gasteiger partial charge in [0.2, 0.25) is 0 Å². The van der Waals surface area contributed by atoms with Crippen LogP contribution in [0.3, 0.4) is 0 Å². The minimum atomic E-state index is -0.0332. The number of carbonyl (C=O) groups is 1. The molecule has 0 aliphatic carbocycles. The van der Waals surface area contributed by atoms with Crippen molar-refractivity contribution in [3.05, 3.63) is 60.8 Å². The van der Waals surface area contributed by atoms with Crippen LogP contribution in [0.4, 0.5) is 0 Å². The maximum absolute atomic E-state index is 11.9. The normalized spacial score (nSPS) is 12.3. The van der Waals surface area contributed by atoms with Crippen LogP contribution in [0.25, 0.3) is 0 Å². The first-order valence-electron chi connectivity index (χ1n) is 19.2. The maximum atomic E-state index is 11.9. The van der Waals surface area contributed by atoms with Gasteiger partial charge in [-0.25, -0.2) is 0 Å². The molecule has 0 aliphatic heterocycles. The second-order valence-corrected chi connectivity index (χ2v) is 12.6. The van der Waals surface area contributed by atoms with E-state index in [4.69, 9.17) is 4.74 Å². The number of esters is 1. The van der Waals surface area contributed by atoms with Crippen molar-refractivity contribution in [3.8, 4) is 0 Å². The molecule has 44 heavy (non-hydrogen) atoms. The van der Waals surface area contributed by atoms with Crippen LogP contribution < -0.4 is 0 Å². The monoisotopic (exact) mass is 611 g/mol. The third kappa shape index (κ3) is 38.2. The topological polar surface area (TPSA) is 26.3 Å². The number of allylic oxidation sites excluding steroid dienone is 10. The maximum Gasteiger partial charge on any atom is 0.305 e. The van der Waals surface area contributed by atoms with Crippen LogP contribution in [0.5, 0.6) is 0 Å². The molecule has 0 bridgehead atoms. The molecule has 2 nitrogen and oxygen atoms in total. The van der Waals surface area contributed by atoms with E-state index in [1.165, 1.54) is 135 Å². The fraction of sp³-hybridized carbons (Fsp3) is 0.738. The summed E-state index contributed by atoms with van der Waals surface area (Å²) in [4.78, 5) is 11.9. The molecule has 0 saturated carbocycles. The molecule has 0 rings (SSSR count). The average molecular weight is 611 g/mol. The summed E-state index contributed by atoms with van der Waals surface area (Å²) in [6, 6.07) is 0. The van der Waals surface area contributed by atoms with Crippen molar-refractivity contribution in [3.63, 3.8) is 0 Å². The van der Waals surface area contributed by atoms with Gasteiger partial charge in [-0.05, 0) is 77.0 Å². The highest BCUT2D eigenvalue weighted by Gasteiger charge is 2.01. The second kappa shape index (κ2) is 39.2. The standard InChI is InChI=1S/C42H74O2/c1-3-5-7-9-11-13-15-17-19-21-22-23-25-27-29-31-33-35-37-39-41-44-42(43)40-38-36-34-32-30-28-26-24-20-18-16-14-12-10-8-6-4-2/h12,14,17-20,26,28,32,34H,3-11,13,15-16,21-25,27,29-31,33,35-41H2,1-2H3/b14-12-,19-17-,20-18-,28-26-,34-32-. The Morgan fingerprint density at radius 1 is 0.386 bits per heavy atom. The smallest absolute Gasteiger partial charge is 0.305 e. The van der Waals surface area contributed by atoms with E-state index in [1.807, 2.05) is 0 Å². The molecular weight excluding hydrogens is 536 g/mol. The Morgan fingerprint density at radius 3 is 1.18 bits per heavy atom. The van der Waals surface area contributed by atoms with Crippen LogP contribution in [-0.2, 0) is 9.53 Å². The van der Waals surface area contributed by atoms with Gasteiger partial charge in [-0.1, -0.05) is 171 Å².